The van der Waals surface area contributed by atoms with E-state index in [0.29, 0.717) is 48.3 Å². The monoisotopic (exact) mass is 482 g/mol. The Morgan fingerprint density at radius 2 is 1.97 bits per heavy atom. The summed E-state index contributed by atoms with van der Waals surface area (Å²) in [6.45, 7) is 3.79. The summed E-state index contributed by atoms with van der Waals surface area (Å²) in [7, 11) is -2.16. The van der Waals surface area contributed by atoms with Gasteiger partial charge in [-0.25, -0.2) is 28.2 Å². The number of nitrogens with one attached hydrogen (secondary N) is 2. The number of benzene rings is 1. The van der Waals surface area contributed by atoms with Crippen molar-refractivity contribution in [1.29, 1.82) is 0 Å². The average molecular weight is 483 g/mol. The molecule has 0 saturated carbocycles. The summed E-state index contributed by atoms with van der Waals surface area (Å²) in [6, 6.07) is 13.3. The number of carbonyl (C=O) groups is 1. The van der Waals surface area contributed by atoms with E-state index in [0.717, 1.165) is 0 Å². The van der Waals surface area contributed by atoms with Crippen LogP contribution in [0.4, 0.5) is 16.3 Å². The van der Waals surface area contributed by atoms with Gasteiger partial charge in [-0.05, 0) is 43.3 Å². The molecule has 10 nitrogen and oxygen atoms in total. The van der Waals surface area contributed by atoms with Crippen LogP contribution in [0, 0.1) is 0 Å². The van der Waals surface area contributed by atoms with E-state index in [9.17, 15) is 13.2 Å². The van der Waals surface area contributed by atoms with Crippen LogP contribution in [-0.4, -0.2) is 62.2 Å². The van der Waals surface area contributed by atoms with Crippen molar-refractivity contribution in [2.45, 2.75) is 23.7 Å². The van der Waals surface area contributed by atoms with Gasteiger partial charge in [-0.1, -0.05) is 6.07 Å². The molecule has 2 N–H and O–H groups in total. The van der Waals surface area contributed by atoms with Gasteiger partial charge < -0.3 is 20.3 Å². The molecule has 0 unspecified atom stereocenters. The number of pyridine rings is 1. The summed E-state index contributed by atoms with van der Waals surface area (Å²) < 4.78 is 31.5. The highest BCUT2D eigenvalue weighted by Crippen LogP contribution is 2.26. The van der Waals surface area contributed by atoms with Crippen LogP contribution in [0.2, 0.25) is 0 Å². The first-order chi connectivity index (χ1) is 16.4. The maximum atomic E-state index is 13.0. The number of morpholine rings is 1. The molecule has 178 valence electrons. The number of hydrogen-bond acceptors (Lipinski definition) is 8. The zero-order chi connectivity index (χ0) is 24.1. The maximum absolute atomic E-state index is 13.0. The summed E-state index contributed by atoms with van der Waals surface area (Å²) >= 11 is 0. The normalized spacial score (nSPS) is 16.2. The van der Waals surface area contributed by atoms with Crippen LogP contribution in [0.5, 0.6) is 0 Å². The second-order valence-corrected chi connectivity index (χ2v) is 9.80. The number of rotatable bonds is 6. The number of sulfone groups is 1. The van der Waals surface area contributed by atoms with E-state index in [2.05, 4.69) is 25.5 Å². The molecule has 1 aliphatic heterocycles. The van der Waals surface area contributed by atoms with Crippen molar-refractivity contribution in [2.24, 2.45) is 0 Å². The summed E-state index contributed by atoms with van der Waals surface area (Å²) in [6.07, 6.45) is 1.45. The summed E-state index contributed by atoms with van der Waals surface area (Å²) in [5, 5.41) is 5.20. The molecule has 11 heteroatoms. The lowest BCUT2D eigenvalue weighted by Gasteiger charge is -2.34. The molecule has 3 aromatic rings. The van der Waals surface area contributed by atoms with E-state index in [4.69, 9.17) is 9.72 Å². The third kappa shape index (κ3) is 5.49. The average Bonchev–Trinajstić information content (AvgIpc) is 2.85. The van der Waals surface area contributed by atoms with Crippen molar-refractivity contribution in [1.82, 2.24) is 20.3 Å². The summed E-state index contributed by atoms with van der Waals surface area (Å²) in [4.78, 5) is 26.9. The zero-order valence-electron chi connectivity index (χ0n) is 18.9. The van der Waals surface area contributed by atoms with Crippen LogP contribution in [0.1, 0.15) is 12.6 Å². The van der Waals surface area contributed by atoms with Gasteiger partial charge in [0.1, 0.15) is 5.82 Å². The first-order valence-electron chi connectivity index (χ1n) is 10.8. The van der Waals surface area contributed by atoms with E-state index in [1.165, 1.54) is 19.3 Å². The molecule has 1 aliphatic rings. The molecule has 0 radical (unpaired) electrons. The van der Waals surface area contributed by atoms with Gasteiger partial charge in [0.2, 0.25) is 9.84 Å². The molecule has 4 rings (SSSR count). The molecular formula is C23H26N6O4S. The Labute approximate surface area is 198 Å². The molecule has 1 fully saturated rings. The van der Waals surface area contributed by atoms with Gasteiger partial charge in [0, 0.05) is 37.1 Å². The number of anilines is 2. The highest BCUT2D eigenvalue weighted by atomic mass is 32.2. The fraction of sp³-hybridized carbons (Fsp3) is 0.304. The van der Waals surface area contributed by atoms with Gasteiger partial charge in [-0.3, -0.25) is 0 Å². The highest BCUT2D eigenvalue weighted by Gasteiger charge is 2.24. The fourth-order valence-electron chi connectivity index (χ4n) is 3.60. The van der Waals surface area contributed by atoms with E-state index in [1.54, 1.807) is 42.5 Å². The number of ether oxygens (including phenoxy) is 1. The SMILES string of the molecule is CNC(=O)Nc1ccc(-c2nc(CS(=O)(=O)c3ccccn3)cc(N3CCOC[C@@H]3C)n2)cc1. The molecule has 0 spiro atoms. The third-order valence-corrected chi connectivity index (χ3v) is 6.90. The standard InChI is InChI=1S/C23H26N6O4S/c1-16-14-33-12-11-29(16)20-13-19(15-34(31,32)21-5-3-4-10-25-21)26-22(28-20)17-6-8-18(9-7-17)27-23(30)24-2/h3-10,13,16H,11-12,14-15H2,1-2H3,(H2,24,27,30)/t16-/m0/s1. The number of aromatic nitrogens is 3. The Balaban J connectivity index is 1.71. The largest absolute Gasteiger partial charge is 0.377 e. The van der Waals surface area contributed by atoms with Crippen LogP contribution >= 0.6 is 0 Å². The zero-order valence-corrected chi connectivity index (χ0v) is 19.7. The second kappa shape index (κ2) is 10.1. The number of carbonyl (C=O) groups excluding carboxylic acids is 1. The van der Waals surface area contributed by atoms with Crippen LogP contribution in [0.25, 0.3) is 11.4 Å². The van der Waals surface area contributed by atoms with Gasteiger partial charge in [-0.15, -0.1) is 0 Å². The molecule has 0 aliphatic carbocycles. The Hall–Kier alpha value is -3.57. The number of hydrogen-bond donors (Lipinski definition) is 2. The minimum Gasteiger partial charge on any atom is -0.377 e. The van der Waals surface area contributed by atoms with Crippen LogP contribution in [-0.2, 0) is 20.3 Å². The lowest BCUT2D eigenvalue weighted by Crippen LogP contribution is -2.44. The van der Waals surface area contributed by atoms with Crippen LogP contribution in [0.15, 0.2) is 59.8 Å². The van der Waals surface area contributed by atoms with Gasteiger partial charge in [0.05, 0.1) is 30.7 Å². The van der Waals surface area contributed by atoms with Crippen molar-refractivity contribution in [2.75, 3.05) is 37.0 Å². The van der Waals surface area contributed by atoms with Crippen LogP contribution in [0.3, 0.4) is 0 Å². The number of nitrogens with zero attached hydrogens (tertiary/aromatic N) is 4. The minimum atomic E-state index is -3.70. The fourth-order valence-corrected chi connectivity index (χ4v) is 4.79. The van der Waals surface area contributed by atoms with Gasteiger partial charge in [0.25, 0.3) is 0 Å². The molecule has 3 heterocycles. The molecular weight excluding hydrogens is 456 g/mol. The molecule has 2 amide bonds. The predicted molar refractivity (Wildman–Crippen MR) is 128 cm³/mol. The van der Waals surface area contributed by atoms with Gasteiger partial charge >= 0.3 is 6.03 Å². The van der Waals surface area contributed by atoms with E-state index in [-0.39, 0.29) is 22.9 Å². The number of amides is 2. The number of urea groups is 1. The molecule has 1 saturated heterocycles. The van der Waals surface area contributed by atoms with E-state index in [1.807, 2.05) is 6.92 Å². The lowest BCUT2D eigenvalue weighted by molar-refractivity contribution is 0.0985. The first kappa shape index (κ1) is 23.6. The highest BCUT2D eigenvalue weighted by molar-refractivity contribution is 7.90. The Morgan fingerprint density at radius 1 is 1.18 bits per heavy atom. The van der Waals surface area contributed by atoms with Crippen LogP contribution < -0.4 is 15.5 Å². The Bertz CT molecular complexity index is 1250. The summed E-state index contributed by atoms with van der Waals surface area (Å²) in [5.41, 5.74) is 1.68. The van der Waals surface area contributed by atoms with E-state index >= 15 is 0 Å². The Kier molecular flexibility index (Phi) is 7.03. The second-order valence-electron chi connectivity index (χ2n) is 7.87. The molecule has 1 aromatic carbocycles. The maximum Gasteiger partial charge on any atom is 0.318 e. The Morgan fingerprint density at radius 3 is 2.65 bits per heavy atom. The van der Waals surface area contributed by atoms with Gasteiger partial charge in [0.15, 0.2) is 10.9 Å². The van der Waals surface area contributed by atoms with Crippen molar-refractivity contribution in [3.63, 3.8) is 0 Å². The molecule has 1 atom stereocenters. The van der Waals surface area contributed by atoms with Gasteiger partial charge in [-0.2, -0.15) is 0 Å². The van der Waals surface area contributed by atoms with Crippen molar-refractivity contribution in [3.05, 3.63) is 60.4 Å². The minimum absolute atomic E-state index is 0.00100. The third-order valence-electron chi connectivity index (χ3n) is 5.35. The molecule has 0 bridgehead atoms. The van der Waals surface area contributed by atoms with Crippen molar-refractivity contribution < 1.29 is 17.9 Å². The molecule has 34 heavy (non-hydrogen) atoms. The predicted octanol–water partition coefficient (Wildman–Crippen LogP) is 2.49. The van der Waals surface area contributed by atoms with E-state index < -0.39 is 9.84 Å². The first-order valence-corrected chi connectivity index (χ1v) is 12.5. The molecule has 2 aromatic heterocycles. The smallest absolute Gasteiger partial charge is 0.318 e. The lowest BCUT2D eigenvalue weighted by atomic mass is 10.2. The van der Waals surface area contributed by atoms with Crippen molar-refractivity contribution in [3.8, 4) is 11.4 Å². The summed E-state index contributed by atoms with van der Waals surface area (Å²) in [5.74, 6) is 0.732. The quantitative estimate of drug-likeness (QED) is 0.549. The van der Waals surface area contributed by atoms with Crippen molar-refractivity contribution >= 4 is 27.4 Å². The topological polar surface area (TPSA) is 126 Å².